The molecule has 1 aliphatic rings. The fourth-order valence-corrected chi connectivity index (χ4v) is 4.07. The van der Waals surface area contributed by atoms with Crippen LogP contribution in [-0.2, 0) is 19.2 Å². The average Bonchev–Trinajstić information content (AvgIpc) is 2.99. The fourth-order valence-electron chi connectivity index (χ4n) is 2.95. The van der Waals surface area contributed by atoms with Gasteiger partial charge in [-0.3, -0.25) is 19.2 Å². The van der Waals surface area contributed by atoms with Crippen LogP contribution in [0.4, 0.5) is 11.4 Å². The van der Waals surface area contributed by atoms with Crippen molar-refractivity contribution in [3.63, 3.8) is 0 Å². The number of nitrogens with one attached hydrogen (secondary N) is 1. The van der Waals surface area contributed by atoms with Crippen molar-refractivity contribution in [1.29, 1.82) is 0 Å². The number of carboxylic acids is 1. The fraction of sp³-hybridized carbons (Fsp3) is 0.136. The quantitative estimate of drug-likeness (QED) is 0.387. The number of thioether (sulfide) groups is 1. The zero-order valence-corrected chi connectivity index (χ0v) is 17.2. The van der Waals surface area contributed by atoms with E-state index in [1.165, 1.54) is 18.7 Å². The van der Waals surface area contributed by atoms with E-state index in [9.17, 15) is 24.0 Å². The summed E-state index contributed by atoms with van der Waals surface area (Å²) in [6, 6.07) is 13.0. The highest BCUT2D eigenvalue weighted by Gasteiger charge is 2.40. The molecule has 0 aliphatic carbocycles. The van der Waals surface area contributed by atoms with Crippen molar-refractivity contribution in [2.75, 3.05) is 10.2 Å². The van der Waals surface area contributed by atoms with Crippen LogP contribution in [0, 0.1) is 0 Å². The number of Topliss-reactive ketones (excluding diaryl/α,β-unsaturated/α-hetero) is 1. The van der Waals surface area contributed by atoms with Crippen molar-refractivity contribution in [3.05, 3.63) is 66.2 Å². The number of anilines is 2. The minimum Gasteiger partial charge on any atom is -0.478 e. The molecule has 3 amide bonds. The maximum Gasteiger partial charge on any atom is 0.328 e. The van der Waals surface area contributed by atoms with E-state index in [0.717, 1.165) is 17.1 Å². The molecule has 31 heavy (non-hydrogen) atoms. The van der Waals surface area contributed by atoms with Gasteiger partial charge in [0.1, 0.15) is 0 Å². The molecule has 9 heteroatoms. The minimum atomic E-state index is -1.23. The third kappa shape index (κ3) is 5.46. The molecule has 1 fully saturated rings. The van der Waals surface area contributed by atoms with Crippen LogP contribution >= 0.6 is 11.8 Å². The van der Waals surface area contributed by atoms with Crippen molar-refractivity contribution >= 4 is 52.6 Å². The first-order valence-electron chi connectivity index (χ1n) is 9.21. The molecule has 1 saturated heterocycles. The third-order valence-electron chi connectivity index (χ3n) is 4.39. The molecule has 2 aromatic carbocycles. The summed E-state index contributed by atoms with van der Waals surface area (Å²) in [5.41, 5.74) is 1.33. The summed E-state index contributed by atoms with van der Waals surface area (Å²) >= 11 is 1.20. The van der Waals surface area contributed by atoms with Crippen LogP contribution in [0.15, 0.2) is 65.6 Å². The van der Waals surface area contributed by atoms with E-state index in [2.05, 4.69) is 5.32 Å². The molecule has 0 spiro atoms. The maximum absolute atomic E-state index is 12.8. The van der Waals surface area contributed by atoms with Gasteiger partial charge in [0.15, 0.2) is 5.78 Å². The lowest BCUT2D eigenvalue weighted by atomic mass is 10.1. The average molecular weight is 438 g/mol. The number of hydrogen-bond acceptors (Lipinski definition) is 6. The van der Waals surface area contributed by atoms with Gasteiger partial charge in [-0.2, -0.15) is 0 Å². The number of nitrogens with zero attached hydrogens (tertiary/aromatic N) is 1. The summed E-state index contributed by atoms with van der Waals surface area (Å²) in [5.74, 6) is -2.63. The van der Waals surface area contributed by atoms with Gasteiger partial charge in [0, 0.05) is 34.7 Å². The van der Waals surface area contributed by atoms with Crippen molar-refractivity contribution in [1.82, 2.24) is 0 Å². The van der Waals surface area contributed by atoms with Gasteiger partial charge in [-0.1, -0.05) is 6.07 Å². The number of aliphatic carboxylic acids is 1. The van der Waals surface area contributed by atoms with E-state index >= 15 is 0 Å². The number of carbonyl (C=O) groups excluding carboxylic acids is 4. The second-order valence-corrected chi connectivity index (χ2v) is 7.95. The number of amides is 3. The van der Waals surface area contributed by atoms with Gasteiger partial charge in [-0.15, -0.1) is 11.8 Å². The summed E-state index contributed by atoms with van der Waals surface area (Å²) < 4.78 is 0. The molecule has 1 unspecified atom stereocenters. The van der Waals surface area contributed by atoms with E-state index in [1.54, 1.807) is 48.5 Å². The summed E-state index contributed by atoms with van der Waals surface area (Å²) in [4.78, 5) is 60.7. The third-order valence-corrected chi connectivity index (χ3v) is 5.57. The van der Waals surface area contributed by atoms with Crippen LogP contribution in [0.2, 0.25) is 0 Å². The Morgan fingerprint density at radius 1 is 1.10 bits per heavy atom. The van der Waals surface area contributed by atoms with E-state index in [4.69, 9.17) is 5.11 Å². The Labute approximate surface area is 181 Å². The minimum absolute atomic E-state index is 0.0237. The first-order chi connectivity index (χ1) is 14.7. The van der Waals surface area contributed by atoms with Gasteiger partial charge in [0.05, 0.1) is 10.9 Å². The standard InChI is InChI=1S/C22H18N2O6S/c1-13(25)14-5-7-16(8-6-14)24-20(27)12-18(22(24)30)31-17-4-2-3-15(11-17)23-19(26)9-10-21(28)29/h2-11,18H,12H2,1H3,(H,23,26)(H,28,29)/b10-9+. The van der Waals surface area contributed by atoms with Crippen LogP contribution in [0.3, 0.4) is 0 Å². The number of rotatable bonds is 7. The Balaban J connectivity index is 1.70. The summed E-state index contributed by atoms with van der Waals surface area (Å²) in [7, 11) is 0. The number of ketones is 1. The Hall–Kier alpha value is -3.72. The summed E-state index contributed by atoms with van der Waals surface area (Å²) in [6.45, 7) is 1.44. The molecule has 2 aromatic rings. The molecule has 0 bridgehead atoms. The van der Waals surface area contributed by atoms with Crippen LogP contribution in [0.5, 0.6) is 0 Å². The zero-order valence-electron chi connectivity index (χ0n) is 16.4. The molecular weight excluding hydrogens is 420 g/mol. The lowest BCUT2D eigenvalue weighted by Crippen LogP contribution is -2.31. The van der Waals surface area contributed by atoms with Crippen molar-refractivity contribution in [3.8, 4) is 0 Å². The van der Waals surface area contributed by atoms with Crippen LogP contribution in [0.1, 0.15) is 23.7 Å². The van der Waals surface area contributed by atoms with E-state index < -0.39 is 17.1 Å². The van der Waals surface area contributed by atoms with E-state index in [1.807, 2.05) is 0 Å². The van der Waals surface area contributed by atoms with Crippen LogP contribution < -0.4 is 10.2 Å². The first-order valence-corrected chi connectivity index (χ1v) is 10.1. The van der Waals surface area contributed by atoms with Gasteiger partial charge in [-0.05, 0) is 49.4 Å². The van der Waals surface area contributed by atoms with E-state index in [0.29, 0.717) is 21.8 Å². The predicted molar refractivity (Wildman–Crippen MR) is 115 cm³/mol. The first kappa shape index (κ1) is 22.0. The highest BCUT2D eigenvalue weighted by atomic mass is 32.2. The van der Waals surface area contributed by atoms with Gasteiger partial charge in [0.2, 0.25) is 17.7 Å². The SMILES string of the molecule is CC(=O)c1ccc(N2C(=O)CC(Sc3cccc(NC(=O)/C=C/C(=O)O)c3)C2=O)cc1. The molecule has 8 nitrogen and oxygen atoms in total. The van der Waals surface area contributed by atoms with E-state index in [-0.39, 0.29) is 24.0 Å². The predicted octanol–water partition coefficient (Wildman–Crippen LogP) is 2.89. The van der Waals surface area contributed by atoms with Crippen LogP contribution in [-0.4, -0.2) is 39.8 Å². The lowest BCUT2D eigenvalue weighted by molar-refractivity contribution is -0.131. The summed E-state index contributed by atoms with van der Waals surface area (Å²) in [5, 5.41) is 10.5. The van der Waals surface area contributed by atoms with Gasteiger partial charge < -0.3 is 10.4 Å². The normalized spacial score (nSPS) is 16.0. The smallest absolute Gasteiger partial charge is 0.328 e. The molecule has 158 valence electrons. The molecule has 1 aliphatic heterocycles. The van der Waals surface area contributed by atoms with Gasteiger partial charge >= 0.3 is 5.97 Å². The molecule has 2 N–H and O–H groups in total. The molecule has 0 radical (unpaired) electrons. The molecule has 0 aromatic heterocycles. The molecule has 1 atom stereocenters. The van der Waals surface area contributed by atoms with Gasteiger partial charge in [-0.25, -0.2) is 9.69 Å². The monoisotopic (exact) mass is 438 g/mol. The number of carboxylic acid groups (broad SMARTS) is 1. The molecular formula is C22H18N2O6S. The molecule has 3 rings (SSSR count). The molecule has 0 saturated carbocycles. The lowest BCUT2D eigenvalue weighted by Gasteiger charge is -2.15. The Morgan fingerprint density at radius 3 is 2.45 bits per heavy atom. The van der Waals surface area contributed by atoms with Crippen molar-refractivity contribution in [2.45, 2.75) is 23.5 Å². The van der Waals surface area contributed by atoms with Crippen molar-refractivity contribution < 1.29 is 29.1 Å². The number of imide groups is 1. The number of benzene rings is 2. The maximum atomic E-state index is 12.8. The second-order valence-electron chi connectivity index (χ2n) is 6.67. The number of carbonyl (C=O) groups is 5. The highest BCUT2D eigenvalue weighted by molar-refractivity contribution is 8.00. The largest absolute Gasteiger partial charge is 0.478 e. The zero-order chi connectivity index (χ0) is 22.5. The highest BCUT2D eigenvalue weighted by Crippen LogP contribution is 2.34. The number of hydrogen-bond donors (Lipinski definition) is 2. The second kappa shape index (κ2) is 9.40. The Bertz CT molecular complexity index is 1090. The Morgan fingerprint density at radius 2 is 1.81 bits per heavy atom. The van der Waals surface area contributed by atoms with Crippen molar-refractivity contribution in [2.24, 2.45) is 0 Å². The molecule has 1 heterocycles. The summed E-state index contributed by atoms with van der Waals surface area (Å²) in [6.07, 6.45) is 1.65. The van der Waals surface area contributed by atoms with Gasteiger partial charge in [0.25, 0.3) is 0 Å². The topological polar surface area (TPSA) is 121 Å². The Kier molecular flexibility index (Phi) is 6.66. The van der Waals surface area contributed by atoms with Crippen LogP contribution in [0.25, 0.3) is 0 Å².